The van der Waals surface area contributed by atoms with Crippen LogP contribution in [-0.2, 0) is 16.0 Å². The van der Waals surface area contributed by atoms with Crippen molar-refractivity contribution in [1.29, 1.82) is 0 Å². The molecule has 2 aromatic rings. The van der Waals surface area contributed by atoms with Crippen molar-refractivity contribution in [2.45, 2.75) is 12.8 Å². The molecule has 0 saturated carbocycles. The van der Waals surface area contributed by atoms with Crippen molar-refractivity contribution < 1.29 is 13.9 Å². The normalized spacial score (nSPS) is 17.1. The van der Waals surface area contributed by atoms with Gasteiger partial charge >= 0.3 is 0 Å². The molecule has 1 amide bonds. The predicted octanol–water partition coefficient (Wildman–Crippen LogP) is 1.51. The molecule has 1 unspecified atom stereocenters. The molecule has 7 nitrogen and oxygen atoms in total. The summed E-state index contributed by atoms with van der Waals surface area (Å²) in [7, 11) is 3.43. The van der Waals surface area contributed by atoms with E-state index in [1.54, 1.807) is 20.2 Å². The van der Waals surface area contributed by atoms with Gasteiger partial charge in [0.15, 0.2) is 5.96 Å². The van der Waals surface area contributed by atoms with Crippen LogP contribution in [0, 0.1) is 11.7 Å². The van der Waals surface area contributed by atoms with Gasteiger partial charge in [-0.1, -0.05) is 0 Å². The van der Waals surface area contributed by atoms with Crippen molar-refractivity contribution >= 4 is 22.8 Å². The van der Waals surface area contributed by atoms with E-state index in [1.165, 1.54) is 17.0 Å². The first-order valence-corrected chi connectivity index (χ1v) is 9.58. The van der Waals surface area contributed by atoms with E-state index in [0.29, 0.717) is 18.4 Å². The van der Waals surface area contributed by atoms with Crippen LogP contribution in [0.15, 0.2) is 29.4 Å². The fraction of sp³-hybridized carbons (Fsp3) is 0.500. The number of ether oxygens (including phenoxy) is 1. The molecule has 28 heavy (non-hydrogen) atoms. The Kier molecular flexibility index (Phi) is 6.86. The maximum atomic E-state index is 13.3. The SMILES string of the molecule is CN(C)C(=O)CN=C(NCCc1c[nH]c2cc(F)ccc12)NCC1CCOC1. The van der Waals surface area contributed by atoms with E-state index in [4.69, 9.17) is 4.74 Å². The molecule has 152 valence electrons. The van der Waals surface area contributed by atoms with Crippen LogP contribution in [0.1, 0.15) is 12.0 Å². The van der Waals surface area contributed by atoms with Gasteiger partial charge in [-0.15, -0.1) is 0 Å². The van der Waals surface area contributed by atoms with Gasteiger partial charge in [0.1, 0.15) is 12.4 Å². The molecule has 1 atom stereocenters. The molecule has 1 saturated heterocycles. The number of aromatic amines is 1. The van der Waals surface area contributed by atoms with Crippen LogP contribution in [0.3, 0.4) is 0 Å². The number of aliphatic imine (C=N–C) groups is 1. The first kappa shape index (κ1) is 20.1. The lowest BCUT2D eigenvalue weighted by Gasteiger charge is -2.15. The standard InChI is InChI=1S/C20H28FN5O2/c1-26(2)19(27)12-25-20(24-10-14-6-8-28-13-14)22-7-5-15-11-23-18-9-16(21)3-4-17(15)18/h3-4,9,11,14,23H,5-8,10,12-13H2,1-2H3,(H2,22,24,25). The first-order chi connectivity index (χ1) is 13.5. The van der Waals surface area contributed by atoms with Crippen molar-refractivity contribution in [2.24, 2.45) is 10.9 Å². The smallest absolute Gasteiger partial charge is 0.243 e. The molecule has 8 heteroatoms. The summed E-state index contributed by atoms with van der Waals surface area (Å²) >= 11 is 0. The van der Waals surface area contributed by atoms with Crippen LogP contribution in [0.2, 0.25) is 0 Å². The van der Waals surface area contributed by atoms with E-state index in [1.807, 2.05) is 6.20 Å². The molecule has 3 N–H and O–H groups in total. The number of hydrogen-bond acceptors (Lipinski definition) is 3. The van der Waals surface area contributed by atoms with Gasteiger partial charge in [0, 0.05) is 56.8 Å². The molecule has 3 rings (SSSR count). The van der Waals surface area contributed by atoms with Crippen molar-refractivity contribution in [3.63, 3.8) is 0 Å². The summed E-state index contributed by atoms with van der Waals surface area (Å²) in [6.07, 6.45) is 3.69. The lowest BCUT2D eigenvalue weighted by molar-refractivity contribution is -0.127. The van der Waals surface area contributed by atoms with Gasteiger partial charge in [-0.05, 0) is 36.6 Å². The number of benzene rings is 1. The van der Waals surface area contributed by atoms with Crippen LogP contribution < -0.4 is 10.6 Å². The second kappa shape index (κ2) is 9.54. The van der Waals surface area contributed by atoms with Gasteiger partial charge < -0.3 is 25.3 Å². The summed E-state index contributed by atoms with van der Waals surface area (Å²) in [4.78, 5) is 20.9. The van der Waals surface area contributed by atoms with Crippen molar-refractivity contribution in [1.82, 2.24) is 20.5 Å². The summed E-state index contributed by atoms with van der Waals surface area (Å²) < 4.78 is 18.7. The van der Waals surface area contributed by atoms with Crippen molar-refractivity contribution in [3.05, 3.63) is 35.8 Å². The molecule has 0 aliphatic carbocycles. The zero-order valence-corrected chi connectivity index (χ0v) is 16.4. The van der Waals surface area contributed by atoms with E-state index in [0.717, 1.165) is 49.1 Å². The number of H-pyrrole nitrogens is 1. The maximum Gasteiger partial charge on any atom is 0.243 e. The second-order valence-electron chi connectivity index (χ2n) is 7.24. The lowest BCUT2D eigenvalue weighted by atomic mass is 10.1. The van der Waals surface area contributed by atoms with Gasteiger partial charge in [0.25, 0.3) is 0 Å². The third-order valence-corrected chi connectivity index (χ3v) is 4.87. The molecule has 2 heterocycles. The Hall–Kier alpha value is -2.61. The Morgan fingerprint density at radius 3 is 3.00 bits per heavy atom. The highest BCUT2D eigenvalue weighted by Crippen LogP contribution is 2.19. The third-order valence-electron chi connectivity index (χ3n) is 4.87. The molecule has 1 fully saturated rings. The molecule has 1 aliphatic heterocycles. The summed E-state index contributed by atoms with van der Waals surface area (Å²) in [6.45, 7) is 3.05. The fourth-order valence-corrected chi connectivity index (χ4v) is 3.13. The maximum absolute atomic E-state index is 13.3. The number of hydrogen-bond donors (Lipinski definition) is 3. The van der Waals surface area contributed by atoms with Crippen molar-refractivity contribution in [3.8, 4) is 0 Å². The molecular formula is C20H28FN5O2. The number of halogens is 1. The Bertz CT molecular complexity index is 827. The van der Waals surface area contributed by atoms with Crippen LogP contribution in [-0.4, -0.2) is 68.7 Å². The van der Waals surface area contributed by atoms with Crippen LogP contribution >= 0.6 is 0 Å². The summed E-state index contributed by atoms with van der Waals surface area (Å²) in [6, 6.07) is 4.76. The Labute approximate surface area is 164 Å². The quantitative estimate of drug-likeness (QED) is 0.495. The monoisotopic (exact) mass is 389 g/mol. The van der Waals surface area contributed by atoms with E-state index in [-0.39, 0.29) is 18.3 Å². The Balaban J connectivity index is 1.57. The number of carbonyl (C=O) groups is 1. The first-order valence-electron chi connectivity index (χ1n) is 9.58. The molecule has 1 aromatic heterocycles. The van der Waals surface area contributed by atoms with Gasteiger partial charge in [-0.3, -0.25) is 4.79 Å². The summed E-state index contributed by atoms with van der Waals surface area (Å²) in [5.41, 5.74) is 1.90. The number of rotatable bonds is 7. The summed E-state index contributed by atoms with van der Waals surface area (Å²) in [5, 5.41) is 7.62. The number of carbonyl (C=O) groups excluding carboxylic acids is 1. The Morgan fingerprint density at radius 1 is 1.39 bits per heavy atom. The molecule has 1 aromatic carbocycles. The number of nitrogens with one attached hydrogen (secondary N) is 3. The number of likely N-dealkylation sites (N-methyl/N-ethyl adjacent to an activating group) is 1. The predicted molar refractivity (Wildman–Crippen MR) is 108 cm³/mol. The molecular weight excluding hydrogens is 361 g/mol. The van der Waals surface area contributed by atoms with E-state index in [2.05, 4.69) is 20.6 Å². The number of amides is 1. The van der Waals surface area contributed by atoms with E-state index >= 15 is 0 Å². The van der Waals surface area contributed by atoms with Crippen LogP contribution in [0.25, 0.3) is 10.9 Å². The van der Waals surface area contributed by atoms with Crippen LogP contribution in [0.5, 0.6) is 0 Å². The topological polar surface area (TPSA) is 81.8 Å². The van der Waals surface area contributed by atoms with Crippen LogP contribution in [0.4, 0.5) is 4.39 Å². The zero-order chi connectivity index (χ0) is 19.9. The second-order valence-corrected chi connectivity index (χ2v) is 7.24. The number of guanidine groups is 1. The Morgan fingerprint density at radius 2 is 2.25 bits per heavy atom. The van der Waals surface area contributed by atoms with E-state index in [9.17, 15) is 9.18 Å². The molecule has 0 spiro atoms. The highest BCUT2D eigenvalue weighted by Gasteiger charge is 2.16. The zero-order valence-electron chi connectivity index (χ0n) is 16.4. The number of fused-ring (bicyclic) bond motifs is 1. The fourth-order valence-electron chi connectivity index (χ4n) is 3.13. The average Bonchev–Trinajstić information content (AvgIpc) is 3.32. The van der Waals surface area contributed by atoms with Gasteiger partial charge in [0.05, 0.1) is 6.61 Å². The third kappa shape index (κ3) is 5.45. The van der Waals surface area contributed by atoms with Gasteiger partial charge in [-0.2, -0.15) is 0 Å². The van der Waals surface area contributed by atoms with Gasteiger partial charge in [-0.25, -0.2) is 9.38 Å². The van der Waals surface area contributed by atoms with Crippen molar-refractivity contribution in [2.75, 3.05) is 46.9 Å². The van der Waals surface area contributed by atoms with E-state index < -0.39 is 0 Å². The highest BCUT2D eigenvalue weighted by atomic mass is 19.1. The molecule has 0 radical (unpaired) electrons. The lowest BCUT2D eigenvalue weighted by Crippen LogP contribution is -2.41. The van der Waals surface area contributed by atoms with Gasteiger partial charge in [0.2, 0.25) is 5.91 Å². The highest BCUT2D eigenvalue weighted by molar-refractivity contribution is 5.85. The minimum absolute atomic E-state index is 0.0519. The minimum Gasteiger partial charge on any atom is -0.381 e. The summed E-state index contributed by atoms with van der Waals surface area (Å²) in [5.74, 6) is 0.774. The molecule has 0 bridgehead atoms. The number of nitrogens with zero attached hydrogens (tertiary/aromatic N) is 2. The largest absolute Gasteiger partial charge is 0.381 e. The number of aromatic nitrogens is 1. The average molecular weight is 389 g/mol. The minimum atomic E-state index is -0.251. The molecule has 1 aliphatic rings.